The molecule has 2 aromatic carbocycles. The summed E-state index contributed by atoms with van der Waals surface area (Å²) in [7, 11) is 0. The smallest absolute Gasteiger partial charge is 0.414 e. The van der Waals surface area contributed by atoms with Crippen LogP contribution in [0.1, 0.15) is 0 Å². The van der Waals surface area contributed by atoms with E-state index in [4.69, 9.17) is 16.3 Å². The number of hydrogen-bond acceptors (Lipinski definition) is 5. The van der Waals surface area contributed by atoms with Gasteiger partial charge in [-0.05, 0) is 24.3 Å². The number of H-pyrrole nitrogens is 2. The van der Waals surface area contributed by atoms with Crippen LogP contribution in [0.4, 0.5) is 19.5 Å². The van der Waals surface area contributed by atoms with Crippen molar-refractivity contribution in [3.8, 4) is 11.3 Å². The van der Waals surface area contributed by atoms with E-state index in [-0.39, 0.29) is 34.9 Å². The van der Waals surface area contributed by atoms with Crippen molar-refractivity contribution in [3.63, 3.8) is 0 Å². The van der Waals surface area contributed by atoms with Gasteiger partial charge in [-0.25, -0.2) is 23.7 Å². The number of alkyl halides is 1. The first-order valence-corrected chi connectivity index (χ1v) is 8.87. The highest BCUT2D eigenvalue weighted by atomic mass is 35.5. The van der Waals surface area contributed by atoms with Crippen molar-refractivity contribution < 1.29 is 18.3 Å². The first-order chi connectivity index (χ1) is 14.0. The van der Waals surface area contributed by atoms with Crippen LogP contribution < -0.4 is 10.9 Å². The monoisotopic (exact) mass is 419 g/mol. The first-order valence-electron chi connectivity index (χ1n) is 8.33. The van der Waals surface area contributed by atoms with Gasteiger partial charge in [-0.15, -0.1) is 11.6 Å². The van der Waals surface area contributed by atoms with Gasteiger partial charge < -0.3 is 9.72 Å². The van der Waals surface area contributed by atoms with Crippen molar-refractivity contribution in [1.29, 1.82) is 0 Å². The summed E-state index contributed by atoms with van der Waals surface area (Å²) in [4.78, 5) is 30.7. The molecule has 0 spiro atoms. The maximum atomic E-state index is 13.8. The second kappa shape index (κ2) is 7.47. The molecule has 0 aliphatic rings. The number of amides is 1. The number of fused-ring (bicyclic) bond motifs is 2. The van der Waals surface area contributed by atoms with Gasteiger partial charge >= 0.3 is 6.09 Å². The van der Waals surface area contributed by atoms with Crippen LogP contribution in [0.15, 0.2) is 35.1 Å². The van der Waals surface area contributed by atoms with E-state index in [1.54, 1.807) is 18.2 Å². The summed E-state index contributed by atoms with van der Waals surface area (Å²) < 4.78 is 32.1. The molecule has 2 heterocycles. The number of halogens is 3. The number of imidazole rings is 1. The zero-order chi connectivity index (χ0) is 20.5. The minimum atomic E-state index is -1.12. The Labute approximate surface area is 165 Å². The van der Waals surface area contributed by atoms with E-state index in [1.165, 1.54) is 0 Å². The highest BCUT2D eigenvalue weighted by Crippen LogP contribution is 2.28. The Kier molecular flexibility index (Phi) is 4.85. The average molecular weight is 420 g/mol. The molecule has 1 amide bonds. The molecular weight excluding hydrogens is 408 g/mol. The van der Waals surface area contributed by atoms with Gasteiger partial charge in [-0.1, -0.05) is 6.07 Å². The zero-order valence-corrected chi connectivity index (χ0v) is 15.3. The molecule has 4 aromatic rings. The summed E-state index contributed by atoms with van der Waals surface area (Å²) in [6.07, 6.45) is -0.712. The lowest BCUT2D eigenvalue weighted by molar-refractivity contribution is 0.168. The quantitative estimate of drug-likeness (QED) is 0.438. The van der Waals surface area contributed by atoms with Gasteiger partial charge in [-0.2, -0.15) is 5.10 Å². The number of rotatable bonds is 4. The van der Waals surface area contributed by atoms with Crippen molar-refractivity contribution in [2.75, 3.05) is 17.8 Å². The number of carbonyl (C=O) groups excluding carboxylic acids is 1. The molecule has 8 nitrogen and oxygen atoms in total. The molecule has 3 N–H and O–H groups in total. The molecule has 148 valence electrons. The minimum absolute atomic E-state index is 0.0250. The predicted molar refractivity (Wildman–Crippen MR) is 103 cm³/mol. The van der Waals surface area contributed by atoms with E-state index < -0.39 is 23.3 Å². The number of nitrogens with zero attached hydrogens (tertiary/aromatic N) is 2. The number of aromatic amines is 2. The molecule has 4 rings (SSSR count). The van der Waals surface area contributed by atoms with Crippen LogP contribution >= 0.6 is 11.6 Å². The van der Waals surface area contributed by atoms with Gasteiger partial charge in [0.2, 0.25) is 5.95 Å². The fraction of sp³-hybridized carbons (Fsp3) is 0.111. The molecule has 0 saturated carbocycles. The van der Waals surface area contributed by atoms with Gasteiger partial charge in [0.1, 0.15) is 6.61 Å². The van der Waals surface area contributed by atoms with Gasteiger partial charge in [0.05, 0.1) is 28.0 Å². The Hall–Kier alpha value is -3.53. The van der Waals surface area contributed by atoms with Crippen molar-refractivity contribution in [2.24, 2.45) is 0 Å². The summed E-state index contributed by atoms with van der Waals surface area (Å²) in [5.41, 5.74) is 1.22. The summed E-state index contributed by atoms with van der Waals surface area (Å²) in [5, 5.41) is 8.83. The Morgan fingerprint density at radius 1 is 1.17 bits per heavy atom. The molecule has 0 aliphatic carbocycles. The fourth-order valence-electron chi connectivity index (χ4n) is 2.86. The molecule has 0 radical (unpaired) electrons. The molecule has 2 aromatic heterocycles. The lowest BCUT2D eigenvalue weighted by atomic mass is 10.0. The lowest BCUT2D eigenvalue weighted by Gasteiger charge is -2.06. The maximum Gasteiger partial charge on any atom is 0.414 e. The normalized spacial score (nSPS) is 11.1. The number of carbonyl (C=O) groups is 1. The van der Waals surface area contributed by atoms with Crippen LogP contribution in [-0.2, 0) is 4.74 Å². The molecule has 0 aliphatic heterocycles. The Morgan fingerprint density at radius 3 is 2.69 bits per heavy atom. The molecule has 0 atom stereocenters. The Balaban J connectivity index is 1.75. The second-order valence-electron chi connectivity index (χ2n) is 5.98. The summed E-state index contributed by atoms with van der Waals surface area (Å²) in [6.45, 7) is 0.0554. The van der Waals surface area contributed by atoms with Crippen molar-refractivity contribution in [2.45, 2.75) is 0 Å². The Bertz CT molecular complexity index is 1300. The topological polar surface area (TPSA) is 113 Å². The molecule has 0 bridgehead atoms. The predicted octanol–water partition coefficient (Wildman–Crippen LogP) is 3.53. The van der Waals surface area contributed by atoms with E-state index in [1.807, 2.05) is 0 Å². The number of nitrogens with one attached hydrogen (secondary N) is 3. The molecular formula is C18H12ClF2N5O3. The Morgan fingerprint density at radius 2 is 1.93 bits per heavy atom. The summed E-state index contributed by atoms with van der Waals surface area (Å²) >= 11 is 5.46. The molecule has 29 heavy (non-hydrogen) atoms. The number of hydrogen-bond donors (Lipinski definition) is 3. The molecule has 0 unspecified atom stereocenters. The maximum absolute atomic E-state index is 13.8. The standard InChI is InChI=1S/C18H12ClF2N5O3/c19-3-4-29-18(28)24-17-22-13-2-1-8(5-14(13)23-17)15-9-6-11(20)12(21)7-10(9)16(27)26-25-15/h1-2,5-7H,3-4H2,(H,26,27)(H2,22,23,24,28). The van der Waals surface area contributed by atoms with Crippen molar-refractivity contribution in [3.05, 3.63) is 52.3 Å². The average Bonchev–Trinajstić information content (AvgIpc) is 3.09. The number of aromatic nitrogens is 4. The highest BCUT2D eigenvalue weighted by Gasteiger charge is 2.15. The lowest BCUT2D eigenvalue weighted by Crippen LogP contribution is -2.15. The van der Waals surface area contributed by atoms with E-state index >= 15 is 0 Å². The van der Waals surface area contributed by atoms with E-state index in [0.29, 0.717) is 16.6 Å². The first kappa shape index (κ1) is 18.8. The highest BCUT2D eigenvalue weighted by molar-refractivity contribution is 6.18. The number of anilines is 1. The number of benzene rings is 2. The SMILES string of the molecule is O=C(Nc1nc2ccc(-c3n[nH]c(=O)c4cc(F)c(F)cc34)cc2[nH]1)OCCCl. The fourth-order valence-corrected chi connectivity index (χ4v) is 2.94. The van der Waals surface area contributed by atoms with Gasteiger partial charge in [0, 0.05) is 10.9 Å². The third-order valence-corrected chi connectivity index (χ3v) is 4.27. The van der Waals surface area contributed by atoms with Gasteiger partial charge in [0.25, 0.3) is 5.56 Å². The van der Waals surface area contributed by atoms with Crippen LogP contribution in [0.25, 0.3) is 33.1 Å². The van der Waals surface area contributed by atoms with Crippen molar-refractivity contribution >= 4 is 45.4 Å². The minimum Gasteiger partial charge on any atom is -0.448 e. The van der Waals surface area contributed by atoms with Crippen LogP contribution in [0.3, 0.4) is 0 Å². The largest absolute Gasteiger partial charge is 0.448 e. The summed E-state index contributed by atoms with van der Waals surface area (Å²) in [5.74, 6) is -1.89. The van der Waals surface area contributed by atoms with Crippen LogP contribution in [-0.4, -0.2) is 38.7 Å². The van der Waals surface area contributed by atoms with E-state index in [2.05, 4.69) is 25.5 Å². The summed E-state index contributed by atoms with van der Waals surface area (Å²) in [6, 6.07) is 6.71. The van der Waals surface area contributed by atoms with Crippen LogP contribution in [0, 0.1) is 11.6 Å². The van der Waals surface area contributed by atoms with Gasteiger partial charge in [0.15, 0.2) is 11.6 Å². The van der Waals surface area contributed by atoms with Crippen LogP contribution in [0.5, 0.6) is 0 Å². The number of ether oxygens (including phenoxy) is 1. The molecule has 0 fully saturated rings. The van der Waals surface area contributed by atoms with Crippen LogP contribution in [0.2, 0.25) is 0 Å². The zero-order valence-electron chi connectivity index (χ0n) is 14.6. The van der Waals surface area contributed by atoms with Crippen molar-refractivity contribution in [1.82, 2.24) is 20.2 Å². The third-order valence-electron chi connectivity index (χ3n) is 4.12. The second-order valence-corrected chi connectivity index (χ2v) is 6.36. The van der Waals surface area contributed by atoms with E-state index in [9.17, 15) is 18.4 Å². The molecule has 11 heteroatoms. The van der Waals surface area contributed by atoms with E-state index in [0.717, 1.165) is 12.1 Å². The molecule has 0 saturated heterocycles. The third kappa shape index (κ3) is 3.61. The van der Waals surface area contributed by atoms with Gasteiger partial charge in [-0.3, -0.25) is 10.1 Å².